The number of amides is 1. The molecule has 1 rings (SSSR count). The van der Waals surface area contributed by atoms with Crippen molar-refractivity contribution in [2.45, 2.75) is 19.4 Å². The maximum Gasteiger partial charge on any atom is 0.267 e. The fraction of sp³-hybridized carbons (Fsp3) is 0.444. The third-order valence-corrected chi connectivity index (χ3v) is 1.92. The number of H-pyrrole nitrogens is 1. The lowest BCUT2D eigenvalue weighted by Gasteiger charge is -2.08. The standard InChI is InChI=1S/C9H15N3O2/c1-2-7(13)5-12-9(14)8-3-6(10)4-11-8/h3-4,7,11,13H,2,5,10H2,1H3,(H,12,14). The molecule has 0 spiro atoms. The van der Waals surface area contributed by atoms with Gasteiger partial charge in [0.15, 0.2) is 0 Å². The van der Waals surface area contributed by atoms with E-state index >= 15 is 0 Å². The molecular formula is C9H15N3O2. The monoisotopic (exact) mass is 197 g/mol. The van der Waals surface area contributed by atoms with Crippen LogP contribution in [-0.2, 0) is 0 Å². The molecular weight excluding hydrogens is 182 g/mol. The molecule has 5 heteroatoms. The Hall–Kier alpha value is -1.49. The van der Waals surface area contributed by atoms with Crippen molar-refractivity contribution >= 4 is 11.6 Å². The van der Waals surface area contributed by atoms with Gasteiger partial charge in [0.05, 0.1) is 6.10 Å². The first-order valence-electron chi connectivity index (χ1n) is 4.53. The number of nitrogen functional groups attached to an aromatic ring is 1. The van der Waals surface area contributed by atoms with Crippen LogP contribution in [0.4, 0.5) is 5.69 Å². The van der Waals surface area contributed by atoms with Crippen molar-refractivity contribution in [1.82, 2.24) is 10.3 Å². The molecule has 0 aliphatic carbocycles. The molecule has 1 atom stereocenters. The number of aliphatic hydroxyl groups excluding tert-OH is 1. The number of nitrogens with two attached hydrogens (primary N) is 1. The predicted molar refractivity (Wildman–Crippen MR) is 53.8 cm³/mol. The summed E-state index contributed by atoms with van der Waals surface area (Å²) in [5.74, 6) is -0.255. The van der Waals surface area contributed by atoms with E-state index in [1.165, 1.54) is 0 Å². The van der Waals surface area contributed by atoms with Crippen molar-refractivity contribution in [1.29, 1.82) is 0 Å². The van der Waals surface area contributed by atoms with Crippen LogP contribution in [0, 0.1) is 0 Å². The Morgan fingerprint density at radius 2 is 2.50 bits per heavy atom. The maximum atomic E-state index is 11.4. The molecule has 1 heterocycles. The second-order valence-corrected chi connectivity index (χ2v) is 3.12. The topological polar surface area (TPSA) is 91.1 Å². The molecule has 0 radical (unpaired) electrons. The highest BCUT2D eigenvalue weighted by Crippen LogP contribution is 2.03. The van der Waals surface area contributed by atoms with Gasteiger partial charge in [0.1, 0.15) is 5.69 Å². The second-order valence-electron chi connectivity index (χ2n) is 3.12. The fourth-order valence-corrected chi connectivity index (χ4v) is 0.992. The SMILES string of the molecule is CCC(O)CNC(=O)c1cc(N)c[nH]1. The van der Waals surface area contributed by atoms with Gasteiger partial charge in [0.25, 0.3) is 5.91 Å². The molecule has 0 aliphatic heterocycles. The zero-order valence-electron chi connectivity index (χ0n) is 8.08. The van der Waals surface area contributed by atoms with E-state index in [0.29, 0.717) is 17.8 Å². The molecule has 1 unspecified atom stereocenters. The molecule has 1 amide bonds. The first-order valence-corrected chi connectivity index (χ1v) is 4.53. The van der Waals surface area contributed by atoms with Crippen molar-refractivity contribution in [2.75, 3.05) is 12.3 Å². The van der Waals surface area contributed by atoms with Crippen LogP contribution >= 0.6 is 0 Å². The lowest BCUT2D eigenvalue weighted by atomic mass is 10.3. The summed E-state index contributed by atoms with van der Waals surface area (Å²) >= 11 is 0. The summed E-state index contributed by atoms with van der Waals surface area (Å²) in [4.78, 5) is 14.1. The van der Waals surface area contributed by atoms with Crippen LogP contribution in [-0.4, -0.2) is 28.6 Å². The first-order chi connectivity index (χ1) is 6.63. The molecule has 1 aromatic rings. The van der Waals surface area contributed by atoms with E-state index in [4.69, 9.17) is 5.73 Å². The minimum atomic E-state index is -0.494. The molecule has 14 heavy (non-hydrogen) atoms. The highest BCUT2D eigenvalue weighted by molar-refractivity contribution is 5.93. The van der Waals surface area contributed by atoms with E-state index in [1.54, 1.807) is 12.3 Å². The molecule has 78 valence electrons. The Bertz CT molecular complexity index is 309. The van der Waals surface area contributed by atoms with Crippen LogP contribution in [0.15, 0.2) is 12.3 Å². The third kappa shape index (κ3) is 2.77. The zero-order valence-corrected chi connectivity index (χ0v) is 8.08. The van der Waals surface area contributed by atoms with Crippen LogP contribution < -0.4 is 11.1 Å². The number of nitrogens with one attached hydrogen (secondary N) is 2. The molecule has 0 aliphatic rings. The minimum Gasteiger partial charge on any atom is -0.397 e. The van der Waals surface area contributed by atoms with Crippen molar-refractivity contribution in [3.8, 4) is 0 Å². The van der Waals surface area contributed by atoms with Crippen molar-refractivity contribution in [3.05, 3.63) is 18.0 Å². The number of carbonyl (C=O) groups is 1. The zero-order chi connectivity index (χ0) is 10.6. The minimum absolute atomic E-state index is 0.255. The van der Waals surface area contributed by atoms with Gasteiger partial charge in [-0.15, -0.1) is 0 Å². The molecule has 0 fully saturated rings. The number of carbonyl (C=O) groups excluding carboxylic acids is 1. The molecule has 0 bridgehead atoms. The quantitative estimate of drug-likeness (QED) is 0.551. The van der Waals surface area contributed by atoms with Gasteiger partial charge in [-0.3, -0.25) is 4.79 Å². The summed E-state index contributed by atoms with van der Waals surface area (Å²) in [5.41, 5.74) is 6.37. The number of aliphatic hydroxyl groups is 1. The summed E-state index contributed by atoms with van der Waals surface area (Å²) in [6.07, 6.45) is 1.67. The van der Waals surface area contributed by atoms with E-state index < -0.39 is 6.10 Å². The molecule has 0 saturated carbocycles. The highest BCUT2D eigenvalue weighted by atomic mass is 16.3. The number of rotatable bonds is 4. The van der Waals surface area contributed by atoms with E-state index in [9.17, 15) is 9.90 Å². The van der Waals surface area contributed by atoms with Gasteiger partial charge in [-0.05, 0) is 12.5 Å². The van der Waals surface area contributed by atoms with Gasteiger partial charge in [0.2, 0.25) is 0 Å². The van der Waals surface area contributed by atoms with E-state index in [-0.39, 0.29) is 12.5 Å². The molecule has 1 aromatic heterocycles. The van der Waals surface area contributed by atoms with Crippen molar-refractivity contribution in [2.24, 2.45) is 0 Å². The Morgan fingerprint density at radius 1 is 1.79 bits per heavy atom. The summed E-state index contributed by atoms with van der Waals surface area (Å²) in [6.45, 7) is 2.11. The van der Waals surface area contributed by atoms with Crippen LogP contribution in [0.25, 0.3) is 0 Å². The summed E-state index contributed by atoms with van der Waals surface area (Å²) in [7, 11) is 0. The van der Waals surface area contributed by atoms with E-state index in [1.807, 2.05) is 6.92 Å². The first kappa shape index (κ1) is 10.6. The number of aromatic nitrogens is 1. The lowest BCUT2D eigenvalue weighted by Crippen LogP contribution is -2.31. The van der Waals surface area contributed by atoms with E-state index in [2.05, 4.69) is 10.3 Å². The summed E-state index contributed by atoms with van der Waals surface area (Å²) < 4.78 is 0. The van der Waals surface area contributed by atoms with Gasteiger partial charge in [-0.1, -0.05) is 6.92 Å². The van der Waals surface area contributed by atoms with Gasteiger partial charge in [-0.25, -0.2) is 0 Å². The number of hydrogen-bond acceptors (Lipinski definition) is 3. The fourth-order valence-electron chi connectivity index (χ4n) is 0.992. The Morgan fingerprint density at radius 3 is 3.00 bits per heavy atom. The third-order valence-electron chi connectivity index (χ3n) is 1.92. The van der Waals surface area contributed by atoms with Crippen molar-refractivity contribution in [3.63, 3.8) is 0 Å². The van der Waals surface area contributed by atoms with Gasteiger partial charge in [0, 0.05) is 18.4 Å². The van der Waals surface area contributed by atoms with Crippen LogP contribution in [0.5, 0.6) is 0 Å². The summed E-state index contributed by atoms with van der Waals surface area (Å²) in [6, 6.07) is 1.55. The maximum absolute atomic E-state index is 11.4. The molecule has 5 nitrogen and oxygen atoms in total. The number of anilines is 1. The van der Waals surface area contributed by atoms with Crippen molar-refractivity contribution < 1.29 is 9.90 Å². The Balaban J connectivity index is 2.43. The van der Waals surface area contributed by atoms with Crippen LogP contribution in [0.1, 0.15) is 23.8 Å². The highest BCUT2D eigenvalue weighted by Gasteiger charge is 2.08. The van der Waals surface area contributed by atoms with Crippen LogP contribution in [0.3, 0.4) is 0 Å². The predicted octanol–water partition coefficient (Wildman–Crippen LogP) is 0.0976. The molecule has 0 saturated heterocycles. The largest absolute Gasteiger partial charge is 0.397 e. The molecule has 5 N–H and O–H groups in total. The average molecular weight is 197 g/mol. The van der Waals surface area contributed by atoms with E-state index in [0.717, 1.165) is 0 Å². The normalized spacial score (nSPS) is 12.4. The van der Waals surface area contributed by atoms with Crippen LogP contribution in [0.2, 0.25) is 0 Å². The Kier molecular flexibility index (Phi) is 3.53. The molecule has 0 aromatic carbocycles. The second kappa shape index (κ2) is 4.66. The lowest BCUT2D eigenvalue weighted by molar-refractivity contribution is 0.0909. The van der Waals surface area contributed by atoms with Gasteiger partial charge < -0.3 is 21.1 Å². The van der Waals surface area contributed by atoms with Gasteiger partial charge in [-0.2, -0.15) is 0 Å². The summed E-state index contributed by atoms with van der Waals surface area (Å²) in [5, 5.41) is 11.8. The van der Waals surface area contributed by atoms with Gasteiger partial charge >= 0.3 is 0 Å². The number of hydrogen-bond donors (Lipinski definition) is 4. The average Bonchev–Trinajstić information content (AvgIpc) is 2.60. The number of aromatic amines is 1. The smallest absolute Gasteiger partial charge is 0.267 e. The Labute approximate surface area is 82.3 Å².